The number of hydrogen-bond acceptors (Lipinski definition) is 5. The van der Waals surface area contributed by atoms with E-state index >= 15 is 0 Å². The van der Waals surface area contributed by atoms with Crippen LogP contribution in [0.1, 0.15) is 46.0 Å². The highest BCUT2D eigenvalue weighted by molar-refractivity contribution is 8.04. The maximum absolute atomic E-state index is 13.7. The van der Waals surface area contributed by atoms with Gasteiger partial charge in [-0.3, -0.25) is 9.59 Å². The molecule has 214 valence electrons. The molecule has 0 aromatic heterocycles. The van der Waals surface area contributed by atoms with E-state index in [1.807, 2.05) is 53.4 Å². The standard InChI is InChI=1S/C34H40N4O2S/c1-4-36-18-20-37(21-19-36)17-7-16-35-33(39)28-14-12-27(13-15-28)23-32-34(40)38(30-8-5-6-9-31(30)41-32)24-29-22-25(2)10-11-26(29)3/h5-6,8-15,22-23H,4,7,16-21,24H2,1-3H3,(H,35,39)/b32-23+. The Kier molecular flexibility index (Phi) is 9.60. The number of likely N-dealkylation sites (N-methyl/N-ethyl adjacent to an activating group) is 1. The number of anilines is 1. The first-order valence-electron chi connectivity index (χ1n) is 14.6. The van der Waals surface area contributed by atoms with Crippen molar-refractivity contribution in [1.29, 1.82) is 0 Å². The second kappa shape index (κ2) is 13.5. The first kappa shape index (κ1) is 29.1. The van der Waals surface area contributed by atoms with E-state index in [0.717, 1.165) is 67.4 Å². The van der Waals surface area contributed by atoms with Crippen LogP contribution in [0.3, 0.4) is 0 Å². The lowest BCUT2D eigenvalue weighted by Crippen LogP contribution is -2.46. The molecule has 0 atom stereocenters. The number of nitrogens with one attached hydrogen (secondary N) is 1. The van der Waals surface area contributed by atoms with Crippen molar-refractivity contribution in [1.82, 2.24) is 15.1 Å². The van der Waals surface area contributed by atoms with Crippen molar-refractivity contribution in [3.8, 4) is 0 Å². The Morgan fingerprint density at radius 1 is 0.951 bits per heavy atom. The van der Waals surface area contributed by atoms with Crippen LogP contribution in [0.5, 0.6) is 0 Å². The molecular formula is C34H40N4O2S. The van der Waals surface area contributed by atoms with Crippen molar-refractivity contribution in [2.45, 2.75) is 38.6 Å². The second-order valence-corrected chi connectivity index (χ2v) is 12.0. The van der Waals surface area contributed by atoms with Crippen LogP contribution in [0.25, 0.3) is 6.08 Å². The van der Waals surface area contributed by atoms with Crippen molar-refractivity contribution in [3.05, 3.63) is 99.5 Å². The molecular weight excluding hydrogens is 528 g/mol. The van der Waals surface area contributed by atoms with Crippen LogP contribution in [0.2, 0.25) is 0 Å². The molecule has 0 aliphatic carbocycles. The fourth-order valence-corrected chi connectivity index (χ4v) is 6.44. The molecule has 5 rings (SSSR count). The fraction of sp³-hybridized carbons (Fsp3) is 0.353. The van der Waals surface area contributed by atoms with Crippen LogP contribution >= 0.6 is 11.8 Å². The van der Waals surface area contributed by atoms with E-state index in [1.54, 1.807) is 0 Å². The molecule has 2 amide bonds. The largest absolute Gasteiger partial charge is 0.352 e. The van der Waals surface area contributed by atoms with Gasteiger partial charge in [-0.2, -0.15) is 0 Å². The monoisotopic (exact) mass is 568 g/mol. The van der Waals surface area contributed by atoms with E-state index in [1.165, 1.54) is 22.9 Å². The fourth-order valence-electron chi connectivity index (χ4n) is 5.38. The number of para-hydroxylation sites is 1. The lowest BCUT2D eigenvalue weighted by Gasteiger charge is -2.33. The summed E-state index contributed by atoms with van der Waals surface area (Å²) < 4.78 is 0. The van der Waals surface area contributed by atoms with Gasteiger partial charge in [-0.15, -0.1) is 0 Å². The predicted molar refractivity (Wildman–Crippen MR) is 169 cm³/mol. The third-order valence-electron chi connectivity index (χ3n) is 7.98. The van der Waals surface area contributed by atoms with Crippen LogP contribution in [0.15, 0.2) is 76.5 Å². The summed E-state index contributed by atoms with van der Waals surface area (Å²) in [6, 6.07) is 22.0. The molecule has 0 saturated carbocycles. The van der Waals surface area contributed by atoms with Crippen LogP contribution in [0.4, 0.5) is 5.69 Å². The molecule has 7 heteroatoms. The topological polar surface area (TPSA) is 55.9 Å². The molecule has 0 radical (unpaired) electrons. The average molecular weight is 569 g/mol. The quantitative estimate of drug-likeness (QED) is 0.264. The van der Waals surface area contributed by atoms with Gasteiger partial charge in [0, 0.05) is 43.2 Å². The third-order valence-corrected chi connectivity index (χ3v) is 9.06. The van der Waals surface area contributed by atoms with E-state index in [0.29, 0.717) is 23.6 Å². The molecule has 2 aliphatic heterocycles. The van der Waals surface area contributed by atoms with Gasteiger partial charge in [0.15, 0.2) is 0 Å². The SMILES string of the molecule is CCN1CCN(CCCNC(=O)c2ccc(/C=C3/Sc4ccccc4N(Cc4cc(C)ccc4C)C3=O)cc2)CC1. The minimum absolute atomic E-state index is 0.00691. The number of thioether (sulfide) groups is 1. The highest BCUT2D eigenvalue weighted by atomic mass is 32.2. The van der Waals surface area contributed by atoms with Crippen LogP contribution in [-0.4, -0.2) is 67.4 Å². The minimum Gasteiger partial charge on any atom is -0.352 e. The summed E-state index contributed by atoms with van der Waals surface area (Å²) in [5.41, 5.74) is 5.98. The maximum Gasteiger partial charge on any atom is 0.265 e. The predicted octanol–water partition coefficient (Wildman–Crippen LogP) is 5.74. The lowest BCUT2D eigenvalue weighted by molar-refractivity contribution is -0.114. The average Bonchev–Trinajstić information content (AvgIpc) is 2.99. The van der Waals surface area contributed by atoms with Crippen molar-refractivity contribution >= 4 is 35.3 Å². The number of amides is 2. The molecule has 1 N–H and O–H groups in total. The Labute approximate surface area is 248 Å². The second-order valence-electron chi connectivity index (χ2n) is 10.9. The van der Waals surface area contributed by atoms with Crippen LogP contribution in [0, 0.1) is 13.8 Å². The van der Waals surface area contributed by atoms with Gasteiger partial charge >= 0.3 is 0 Å². The third kappa shape index (κ3) is 7.28. The lowest BCUT2D eigenvalue weighted by atomic mass is 10.0. The van der Waals surface area contributed by atoms with Crippen molar-refractivity contribution in [2.24, 2.45) is 0 Å². The Morgan fingerprint density at radius 2 is 1.68 bits per heavy atom. The van der Waals surface area contributed by atoms with E-state index in [9.17, 15) is 9.59 Å². The molecule has 0 spiro atoms. The highest BCUT2D eigenvalue weighted by Crippen LogP contribution is 2.42. The van der Waals surface area contributed by atoms with Gasteiger partial charge in [-0.1, -0.05) is 66.7 Å². The molecule has 0 bridgehead atoms. The number of carbonyl (C=O) groups is 2. The van der Waals surface area contributed by atoms with Gasteiger partial charge in [0.1, 0.15) is 0 Å². The van der Waals surface area contributed by atoms with Crippen molar-refractivity contribution < 1.29 is 9.59 Å². The van der Waals surface area contributed by atoms with Crippen molar-refractivity contribution in [2.75, 3.05) is 50.7 Å². The zero-order valence-corrected chi connectivity index (χ0v) is 25.2. The Morgan fingerprint density at radius 3 is 2.44 bits per heavy atom. The Hall–Kier alpha value is -3.39. The van der Waals surface area contributed by atoms with E-state index < -0.39 is 0 Å². The number of hydrogen-bond donors (Lipinski definition) is 1. The summed E-state index contributed by atoms with van der Waals surface area (Å²) in [4.78, 5) is 35.0. The number of aryl methyl sites for hydroxylation is 2. The first-order chi connectivity index (χ1) is 19.9. The number of fused-ring (bicyclic) bond motifs is 1. The molecule has 41 heavy (non-hydrogen) atoms. The number of carbonyl (C=O) groups excluding carboxylic acids is 2. The molecule has 3 aromatic rings. The number of rotatable bonds is 9. The molecule has 2 aliphatic rings. The number of nitrogens with zero attached hydrogens (tertiary/aromatic N) is 3. The first-order valence-corrected chi connectivity index (χ1v) is 15.4. The van der Waals surface area contributed by atoms with E-state index in [4.69, 9.17) is 0 Å². The molecule has 3 aromatic carbocycles. The zero-order chi connectivity index (χ0) is 28.8. The zero-order valence-electron chi connectivity index (χ0n) is 24.4. The van der Waals surface area contributed by atoms with Gasteiger partial charge in [-0.05, 0) is 80.4 Å². The molecule has 1 saturated heterocycles. The van der Waals surface area contributed by atoms with Gasteiger partial charge in [0.05, 0.1) is 17.1 Å². The molecule has 2 heterocycles. The molecule has 0 unspecified atom stereocenters. The highest BCUT2D eigenvalue weighted by Gasteiger charge is 2.29. The number of benzene rings is 3. The summed E-state index contributed by atoms with van der Waals surface area (Å²) >= 11 is 1.50. The van der Waals surface area contributed by atoms with Crippen LogP contribution < -0.4 is 10.2 Å². The number of piperazine rings is 1. The van der Waals surface area contributed by atoms with E-state index in [-0.39, 0.29) is 11.8 Å². The smallest absolute Gasteiger partial charge is 0.265 e. The van der Waals surface area contributed by atoms with Crippen molar-refractivity contribution in [3.63, 3.8) is 0 Å². The van der Waals surface area contributed by atoms with Gasteiger partial charge in [-0.25, -0.2) is 0 Å². The summed E-state index contributed by atoms with van der Waals surface area (Å²) in [6.45, 7) is 14.2. The normalized spacial score (nSPS) is 17.1. The van der Waals surface area contributed by atoms with Crippen LogP contribution in [-0.2, 0) is 11.3 Å². The van der Waals surface area contributed by atoms with E-state index in [2.05, 4.69) is 60.2 Å². The Bertz CT molecular complexity index is 1410. The summed E-state index contributed by atoms with van der Waals surface area (Å²) in [5, 5.41) is 3.06. The Balaban J connectivity index is 1.21. The molecule has 1 fully saturated rings. The summed E-state index contributed by atoms with van der Waals surface area (Å²) in [7, 11) is 0. The maximum atomic E-state index is 13.7. The van der Waals surface area contributed by atoms with Gasteiger partial charge < -0.3 is 20.0 Å². The van der Waals surface area contributed by atoms with Gasteiger partial charge in [0.2, 0.25) is 0 Å². The molecule has 6 nitrogen and oxygen atoms in total. The summed E-state index contributed by atoms with van der Waals surface area (Å²) in [5.74, 6) is -0.0655. The summed E-state index contributed by atoms with van der Waals surface area (Å²) in [6.07, 6.45) is 2.88. The van der Waals surface area contributed by atoms with Gasteiger partial charge in [0.25, 0.3) is 11.8 Å². The minimum atomic E-state index is -0.0586.